The van der Waals surface area contributed by atoms with E-state index in [1.807, 2.05) is 135 Å². The van der Waals surface area contributed by atoms with Crippen LogP contribution in [0.2, 0.25) is 0 Å². The van der Waals surface area contributed by atoms with Crippen molar-refractivity contribution in [2.24, 2.45) is 35.5 Å². The Morgan fingerprint density at radius 3 is 1.95 bits per heavy atom. The second-order valence-electron chi connectivity index (χ2n) is 27.9. The van der Waals surface area contributed by atoms with Gasteiger partial charge >= 0.3 is 35.9 Å². The molecule has 5 saturated heterocycles. The molecule has 27 heteroatoms. The average molecular weight is 1530 g/mol. The van der Waals surface area contributed by atoms with Gasteiger partial charge in [0.2, 0.25) is 3.79 Å². The first-order valence-corrected chi connectivity index (χ1v) is 37.2. The van der Waals surface area contributed by atoms with Crippen LogP contribution in [0.3, 0.4) is 0 Å². The number of alkyl halides is 3. The lowest BCUT2D eigenvalue weighted by Crippen LogP contribution is -2.67. The second-order valence-corrected chi connectivity index (χ2v) is 30.5. The highest BCUT2D eigenvalue weighted by molar-refractivity contribution is 6.67. The maximum atomic E-state index is 14.8. The SMILES string of the molecule is COC(=O)[C@@]1(OCC2O[C@@H](O[C@@H]3C(OCc4ccccc4)[C@H](OCCCc4ccccc4)OC(COCc4ccccc4)[C@@H]3C)C(NC(=O)OCC(Cl)(Cl)Cl)[C@@H](O[C@@H]3CC4COC(c5ccccc5)OC4[C@H](C)C3OC(=O)c3ccccc3)[C@@H]2C)C[C@H]2OC(=O)C[C@H]2C([C@H](C)[C@@H](COC(C)=O)OC(C)=O)O1. The molecule has 22 atom stereocenters. The lowest BCUT2D eigenvalue weighted by molar-refractivity contribution is -0.356. The smallest absolute Gasteiger partial charge is 0.407 e. The lowest BCUT2D eigenvalue weighted by atomic mass is 9.75. The third-order valence-corrected chi connectivity index (χ3v) is 20.8. The average Bonchev–Trinajstić information content (AvgIpc) is 1.35. The molecule has 11 rings (SSSR count). The summed E-state index contributed by atoms with van der Waals surface area (Å²) in [5.41, 5.74) is 3.91. The molecule has 574 valence electrons. The molecule has 0 radical (unpaired) electrons. The molecule has 24 nitrogen and oxygen atoms in total. The molecule has 5 aromatic rings. The van der Waals surface area contributed by atoms with Gasteiger partial charge in [-0.05, 0) is 48.1 Å². The number of halogens is 3. The number of carbonyl (C=O) groups is 6. The van der Waals surface area contributed by atoms with Crippen molar-refractivity contribution in [3.63, 3.8) is 0 Å². The summed E-state index contributed by atoms with van der Waals surface area (Å²) in [5, 5.41) is 2.99. The van der Waals surface area contributed by atoms with E-state index < -0.39 is 187 Å². The molecule has 1 N–H and O–H groups in total. The Morgan fingerprint density at radius 2 is 1.30 bits per heavy atom. The summed E-state index contributed by atoms with van der Waals surface area (Å²) in [6.07, 6.45) is -15.0. The van der Waals surface area contributed by atoms with Gasteiger partial charge in [0, 0.05) is 54.9 Å². The Bertz CT molecular complexity index is 3650. The fraction of sp³-hybridized carbons (Fsp3) is 0.544. The van der Waals surface area contributed by atoms with Crippen molar-refractivity contribution in [3.05, 3.63) is 179 Å². The molecule has 6 aliphatic rings. The quantitative estimate of drug-likeness (QED) is 0.0194. The molecule has 106 heavy (non-hydrogen) atoms. The number of nitrogens with one attached hydrogen (secondary N) is 1. The van der Waals surface area contributed by atoms with Gasteiger partial charge in [-0.1, -0.05) is 202 Å². The molecule has 1 amide bonds. The lowest BCUT2D eigenvalue weighted by Gasteiger charge is -2.53. The molecule has 1 saturated carbocycles. The first-order chi connectivity index (χ1) is 51.0. The Morgan fingerprint density at radius 1 is 0.679 bits per heavy atom. The largest absolute Gasteiger partial charge is 0.465 e. The molecule has 6 fully saturated rings. The summed E-state index contributed by atoms with van der Waals surface area (Å²) >= 11 is 18.8. The monoisotopic (exact) mass is 1530 g/mol. The predicted octanol–water partition coefficient (Wildman–Crippen LogP) is 11.5. The van der Waals surface area contributed by atoms with Crippen molar-refractivity contribution in [1.29, 1.82) is 0 Å². The predicted molar refractivity (Wildman–Crippen MR) is 382 cm³/mol. The third kappa shape index (κ3) is 20.9. The van der Waals surface area contributed by atoms with E-state index in [2.05, 4.69) is 5.32 Å². The van der Waals surface area contributed by atoms with Crippen LogP contribution in [-0.2, 0) is 119 Å². The molecule has 0 aromatic heterocycles. The van der Waals surface area contributed by atoms with Crippen LogP contribution >= 0.6 is 34.8 Å². The summed E-state index contributed by atoms with van der Waals surface area (Å²) in [4.78, 5) is 82.6. The van der Waals surface area contributed by atoms with E-state index in [0.29, 0.717) is 12.8 Å². The van der Waals surface area contributed by atoms with Crippen molar-refractivity contribution in [2.45, 2.75) is 188 Å². The zero-order valence-electron chi connectivity index (χ0n) is 60.3. The number of ether oxygens (including phenoxy) is 17. The van der Waals surface area contributed by atoms with Crippen LogP contribution in [0.15, 0.2) is 152 Å². The molecule has 5 aliphatic heterocycles. The number of carbonyl (C=O) groups excluding carboxylic acids is 6. The Hall–Kier alpha value is -6.85. The number of aryl methyl sites for hydroxylation is 1. The van der Waals surface area contributed by atoms with E-state index in [1.54, 1.807) is 44.2 Å². The van der Waals surface area contributed by atoms with Crippen LogP contribution in [0.4, 0.5) is 4.79 Å². The number of hydrogen-bond acceptors (Lipinski definition) is 23. The second kappa shape index (κ2) is 37.5. The van der Waals surface area contributed by atoms with Gasteiger partial charge < -0.3 is 85.8 Å². The maximum Gasteiger partial charge on any atom is 0.407 e. The van der Waals surface area contributed by atoms with E-state index >= 15 is 0 Å². The Balaban J connectivity index is 1.01. The molecule has 0 bridgehead atoms. The van der Waals surface area contributed by atoms with E-state index in [0.717, 1.165) is 29.4 Å². The fourth-order valence-electron chi connectivity index (χ4n) is 14.9. The maximum absolute atomic E-state index is 14.8. The van der Waals surface area contributed by atoms with E-state index in [9.17, 15) is 28.8 Å². The summed E-state index contributed by atoms with van der Waals surface area (Å²) in [7, 11) is 1.14. The van der Waals surface area contributed by atoms with Crippen LogP contribution in [0.1, 0.15) is 106 Å². The van der Waals surface area contributed by atoms with Gasteiger partial charge in [0.25, 0.3) is 5.79 Å². The van der Waals surface area contributed by atoms with E-state index in [1.165, 1.54) is 13.8 Å². The number of alkyl carbamates (subject to hydrolysis) is 1. The van der Waals surface area contributed by atoms with Gasteiger partial charge in [0.15, 0.2) is 18.9 Å². The van der Waals surface area contributed by atoms with Crippen LogP contribution in [-0.4, -0.2) is 178 Å². The Kier molecular flexibility index (Phi) is 28.4. The Labute approximate surface area is 632 Å². The topological polar surface area (TPSA) is 271 Å². The fourth-order valence-corrected chi connectivity index (χ4v) is 15.1. The van der Waals surface area contributed by atoms with Crippen LogP contribution < -0.4 is 5.32 Å². The van der Waals surface area contributed by atoms with Gasteiger partial charge in [0.05, 0.1) is 108 Å². The first-order valence-electron chi connectivity index (χ1n) is 36.1. The van der Waals surface area contributed by atoms with Crippen molar-refractivity contribution in [3.8, 4) is 0 Å². The van der Waals surface area contributed by atoms with Gasteiger partial charge in [0.1, 0.15) is 43.7 Å². The van der Waals surface area contributed by atoms with Crippen molar-refractivity contribution in [2.75, 3.05) is 46.8 Å². The number of fused-ring (bicyclic) bond motifs is 2. The number of amides is 1. The molecule has 5 heterocycles. The first kappa shape index (κ1) is 80.2. The summed E-state index contributed by atoms with van der Waals surface area (Å²) in [6, 6.07) is 45.8. The summed E-state index contributed by atoms with van der Waals surface area (Å²) < 4.78 is 110. The number of esters is 5. The number of benzene rings is 5. The van der Waals surface area contributed by atoms with E-state index in [-0.39, 0.29) is 63.8 Å². The minimum Gasteiger partial charge on any atom is -0.465 e. The highest BCUT2D eigenvalue weighted by Gasteiger charge is 2.61. The van der Waals surface area contributed by atoms with Crippen molar-refractivity contribution >= 4 is 70.7 Å². The zero-order chi connectivity index (χ0) is 75.1. The number of rotatable bonds is 30. The van der Waals surface area contributed by atoms with Gasteiger partial charge in [-0.15, -0.1) is 0 Å². The van der Waals surface area contributed by atoms with Gasteiger partial charge in [-0.25, -0.2) is 14.4 Å². The van der Waals surface area contributed by atoms with Crippen LogP contribution in [0.5, 0.6) is 0 Å². The minimum absolute atomic E-state index is 0.0450. The summed E-state index contributed by atoms with van der Waals surface area (Å²) in [6.45, 7) is 8.79. The molecule has 0 spiro atoms. The van der Waals surface area contributed by atoms with Gasteiger partial charge in [-0.3, -0.25) is 14.4 Å². The molecule has 1 aliphatic carbocycles. The highest BCUT2D eigenvalue weighted by atomic mass is 35.6. The number of methoxy groups -OCH3 is 1. The third-order valence-electron chi connectivity index (χ3n) is 20.5. The standard InChI is InChI=1S/C79H94Cl3NO23/c1-46(62(98-51(6)85)43-93-50(5)84)67-58-37-64(86)99-60(58)38-78(106-67,76(88)90-7)97-44-63-47(2)69(100-59-36-57-41-95-73(56-33-21-12-22-34-56)104-66(57)49(4)68(59)103-72(87)55-31-19-11-20-32-55)65(83-77(89)96-45-79(80,81)82)74(101-63)105-70-48(3)61(42-91-39-53-26-15-9-16-27-53)102-75(71(70)94-40-54-28-17-10-18-29-54)92-35-23-30-52-24-13-8-14-25-52/h8-22,24-29,31-34,46-49,57-63,65-71,73-75H,23,30,35-45H2,1-7H3,(H,83,89)/t46-,47-,48+,49+,57?,58-,59-,60-,61?,62-,63?,65?,66?,67?,68?,69+,70+,71?,73?,74+,75-,78-/m1/s1. The normalized spacial score (nSPS) is 31.3. The highest BCUT2D eigenvalue weighted by Crippen LogP contribution is 2.48. The molecular formula is C79H94Cl3NO23. The van der Waals surface area contributed by atoms with Crippen LogP contribution in [0, 0.1) is 35.5 Å². The van der Waals surface area contributed by atoms with Crippen molar-refractivity contribution < 1.29 is 109 Å². The van der Waals surface area contributed by atoms with Crippen LogP contribution in [0.25, 0.3) is 0 Å². The molecule has 5 aromatic carbocycles. The number of hydrogen-bond donors (Lipinski definition) is 1. The van der Waals surface area contributed by atoms with E-state index in [4.69, 9.17) is 115 Å². The van der Waals surface area contributed by atoms with Gasteiger partial charge in [-0.2, -0.15) is 0 Å². The molecular weight excluding hydrogens is 1440 g/mol. The van der Waals surface area contributed by atoms with Crippen molar-refractivity contribution in [1.82, 2.24) is 5.32 Å². The molecule has 9 unspecified atom stereocenters. The minimum atomic E-state index is -2.39. The summed E-state index contributed by atoms with van der Waals surface area (Å²) in [5.74, 6) is -10.1. The zero-order valence-corrected chi connectivity index (χ0v) is 62.5.